The molecule has 0 amide bonds. The number of rotatable bonds is 3. The second-order valence-electron chi connectivity index (χ2n) is 5.55. The van der Waals surface area contributed by atoms with E-state index in [1.54, 1.807) is 6.20 Å². The summed E-state index contributed by atoms with van der Waals surface area (Å²) in [5.74, 6) is -1.06. The van der Waals surface area contributed by atoms with Gasteiger partial charge in [-0.1, -0.05) is 12.1 Å². The van der Waals surface area contributed by atoms with Crippen LogP contribution in [-0.2, 0) is 6.42 Å². The maximum atomic E-state index is 13.9. The fourth-order valence-electron chi connectivity index (χ4n) is 3.02. The van der Waals surface area contributed by atoms with Crippen molar-refractivity contribution in [2.24, 2.45) is 0 Å². The zero-order chi connectivity index (χ0) is 14.8. The zero-order valence-electron chi connectivity index (χ0n) is 11.9. The predicted molar refractivity (Wildman–Crippen MR) is 77.8 cm³/mol. The van der Waals surface area contributed by atoms with Crippen molar-refractivity contribution in [2.45, 2.75) is 38.3 Å². The molecule has 3 rings (SSSR count). The lowest BCUT2D eigenvalue weighted by atomic mass is 9.91. The highest BCUT2D eigenvalue weighted by atomic mass is 19.1. The summed E-state index contributed by atoms with van der Waals surface area (Å²) in [6.07, 6.45) is 4.91. The Morgan fingerprint density at radius 1 is 1.29 bits per heavy atom. The fourth-order valence-corrected chi connectivity index (χ4v) is 3.02. The van der Waals surface area contributed by atoms with Crippen LogP contribution < -0.4 is 5.32 Å². The minimum atomic E-state index is -0.548. The summed E-state index contributed by atoms with van der Waals surface area (Å²) in [5, 5.41) is 3.43. The van der Waals surface area contributed by atoms with Gasteiger partial charge in [0.15, 0.2) is 0 Å². The highest BCUT2D eigenvalue weighted by molar-refractivity contribution is 5.27. The van der Waals surface area contributed by atoms with Gasteiger partial charge in [-0.05, 0) is 43.9 Å². The van der Waals surface area contributed by atoms with Crippen molar-refractivity contribution in [1.29, 1.82) is 0 Å². The van der Waals surface area contributed by atoms with E-state index in [9.17, 15) is 8.78 Å². The van der Waals surface area contributed by atoms with Crippen LogP contribution in [0.3, 0.4) is 0 Å². The number of fused-ring (bicyclic) bond motifs is 1. The molecule has 2 nitrogen and oxygen atoms in total. The van der Waals surface area contributed by atoms with Crippen LogP contribution in [0.5, 0.6) is 0 Å². The van der Waals surface area contributed by atoms with Gasteiger partial charge in [0.25, 0.3) is 0 Å². The van der Waals surface area contributed by atoms with Crippen LogP contribution >= 0.6 is 0 Å². The summed E-state index contributed by atoms with van der Waals surface area (Å²) < 4.78 is 26.9. The first kappa shape index (κ1) is 14.1. The van der Waals surface area contributed by atoms with E-state index < -0.39 is 11.6 Å². The molecule has 4 heteroatoms. The first-order valence-corrected chi connectivity index (χ1v) is 7.30. The normalized spacial score (nSPS) is 19.1. The summed E-state index contributed by atoms with van der Waals surface area (Å²) >= 11 is 0. The molecule has 0 bridgehead atoms. The Hall–Kier alpha value is -1.81. The molecule has 1 aliphatic rings. The Morgan fingerprint density at radius 2 is 2.14 bits per heavy atom. The van der Waals surface area contributed by atoms with Crippen molar-refractivity contribution in [1.82, 2.24) is 10.3 Å². The third kappa shape index (κ3) is 2.95. The first-order valence-electron chi connectivity index (χ1n) is 7.30. The van der Waals surface area contributed by atoms with Gasteiger partial charge in [0, 0.05) is 23.9 Å². The molecule has 2 aromatic rings. The van der Waals surface area contributed by atoms with Gasteiger partial charge < -0.3 is 5.32 Å². The number of aryl methyl sites for hydroxylation is 1. The molecule has 0 aliphatic heterocycles. The average Bonchev–Trinajstić information content (AvgIpc) is 2.47. The lowest BCUT2D eigenvalue weighted by Crippen LogP contribution is -2.29. The van der Waals surface area contributed by atoms with Crippen LogP contribution in [0.2, 0.25) is 0 Å². The molecule has 110 valence electrons. The van der Waals surface area contributed by atoms with E-state index in [1.807, 2.05) is 13.0 Å². The zero-order valence-corrected chi connectivity index (χ0v) is 11.9. The molecule has 0 saturated carbocycles. The molecular formula is C17H18F2N2. The number of benzene rings is 1. The number of halogens is 2. The third-order valence-electron chi connectivity index (χ3n) is 4.08. The van der Waals surface area contributed by atoms with Gasteiger partial charge in [0.05, 0.1) is 11.7 Å². The highest BCUT2D eigenvalue weighted by Gasteiger charge is 2.23. The highest BCUT2D eigenvalue weighted by Crippen LogP contribution is 2.30. The van der Waals surface area contributed by atoms with Crippen LogP contribution in [0.25, 0.3) is 0 Å². The van der Waals surface area contributed by atoms with Crippen molar-refractivity contribution in [3.05, 3.63) is 65.0 Å². The van der Waals surface area contributed by atoms with E-state index in [-0.39, 0.29) is 12.1 Å². The van der Waals surface area contributed by atoms with E-state index in [0.717, 1.165) is 31.0 Å². The van der Waals surface area contributed by atoms with Gasteiger partial charge >= 0.3 is 0 Å². The molecule has 2 unspecified atom stereocenters. The number of aromatic nitrogens is 1. The van der Waals surface area contributed by atoms with E-state index in [2.05, 4.69) is 16.4 Å². The molecule has 1 aliphatic carbocycles. The van der Waals surface area contributed by atoms with Crippen LogP contribution in [0, 0.1) is 11.6 Å². The number of hydrogen-bond acceptors (Lipinski definition) is 2. The summed E-state index contributed by atoms with van der Waals surface area (Å²) in [5.41, 5.74) is 2.80. The van der Waals surface area contributed by atoms with Crippen molar-refractivity contribution >= 4 is 0 Å². The molecule has 1 aromatic heterocycles. The Bertz CT molecular complexity index is 642. The number of hydrogen-bond donors (Lipinski definition) is 1. The Morgan fingerprint density at radius 3 is 2.95 bits per heavy atom. The van der Waals surface area contributed by atoms with Crippen molar-refractivity contribution in [2.75, 3.05) is 0 Å². The molecule has 0 radical (unpaired) electrons. The topological polar surface area (TPSA) is 24.9 Å². The lowest BCUT2D eigenvalue weighted by molar-refractivity contribution is 0.398. The van der Waals surface area contributed by atoms with Gasteiger partial charge in [0.2, 0.25) is 0 Å². The molecule has 21 heavy (non-hydrogen) atoms. The molecule has 0 saturated heterocycles. The van der Waals surface area contributed by atoms with Gasteiger partial charge in [-0.25, -0.2) is 8.78 Å². The van der Waals surface area contributed by atoms with Crippen LogP contribution in [0.4, 0.5) is 8.78 Å². The smallest absolute Gasteiger partial charge is 0.130 e. The number of nitrogens with zero attached hydrogens (tertiary/aromatic N) is 1. The second kappa shape index (κ2) is 5.90. The minimum Gasteiger partial charge on any atom is -0.302 e. The monoisotopic (exact) mass is 288 g/mol. The first-order chi connectivity index (χ1) is 10.1. The summed E-state index contributed by atoms with van der Waals surface area (Å²) in [4.78, 5) is 4.47. The Labute approximate surface area is 123 Å². The molecule has 0 spiro atoms. The maximum absolute atomic E-state index is 13.9. The largest absolute Gasteiger partial charge is 0.302 e. The molecule has 1 heterocycles. The lowest BCUT2D eigenvalue weighted by Gasteiger charge is -2.28. The van der Waals surface area contributed by atoms with E-state index in [1.165, 1.54) is 17.7 Å². The Balaban J connectivity index is 1.81. The summed E-state index contributed by atoms with van der Waals surface area (Å²) in [6.45, 7) is 1.90. The summed E-state index contributed by atoms with van der Waals surface area (Å²) in [7, 11) is 0. The molecule has 1 aromatic carbocycles. The SMILES string of the molecule is CC(NC1CCCc2cccnc21)c1ccc(F)cc1F. The fraction of sp³-hybridized carbons (Fsp3) is 0.353. The van der Waals surface area contributed by atoms with Crippen molar-refractivity contribution in [3.63, 3.8) is 0 Å². The second-order valence-corrected chi connectivity index (χ2v) is 5.55. The van der Waals surface area contributed by atoms with E-state index >= 15 is 0 Å². The van der Waals surface area contributed by atoms with Gasteiger partial charge in [-0.3, -0.25) is 4.98 Å². The maximum Gasteiger partial charge on any atom is 0.130 e. The predicted octanol–water partition coefficient (Wildman–Crippen LogP) is 4.09. The number of nitrogens with one attached hydrogen (secondary N) is 1. The van der Waals surface area contributed by atoms with E-state index in [0.29, 0.717) is 5.56 Å². The van der Waals surface area contributed by atoms with Gasteiger partial charge in [0.1, 0.15) is 11.6 Å². The van der Waals surface area contributed by atoms with E-state index in [4.69, 9.17) is 0 Å². The quantitative estimate of drug-likeness (QED) is 0.920. The Kier molecular flexibility index (Phi) is 3.97. The number of pyridine rings is 1. The summed E-state index contributed by atoms with van der Waals surface area (Å²) in [6, 6.07) is 7.70. The molecule has 1 N–H and O–H groups in total. The minimum absolute atomic E-state index is 0.120. The molecule has 2 atom stereocenters. The molecular weight excluding hydrogens is 270 g/mol. The third-order valence-corrected chi connectivity index (χ3v) is 4.08. The van der Waals surface area contributed by atoms with Crippen LogP contribution in [0.1, 0.15) is 48.7 Å². The average molecular weight is 288 g/mol. The van der Waals surface area contributed by atoms with Gasteiger partial charge in [-0.15, -0.1) is 0 Å². The van der Waals surface area contributed by atoms with Crippen molar-refractivity contribution < 1.29 is 8.78 Å². The molecule has 0 fully saturated rings. The van der Waals surface area contributed by atoms with Crippen LogP contribution in [0.15, 0.2) is 36.5 Å². The van der Waals surface area contributed by atoms with Gasteiger partial charge in [-0.2, -0.15) is 0 Å². The standard InChI is InChI=1S/C17H18F2N2/c1-11(14-8-7-13(18)10-15(14)19)21-16-6-2-4-12-5-3-9-20-17(12)16/h3,5,7-11,16,21H,2,4,6H2,1H3. The van der Waals surface area contributed by atoms with Crippen LogP contribution in [-0.4, -0.2) is 4.98 Å². The van der Waals surface area contributed by atoms with Crippen molar-refractivity contribution in [3.8, 4) is 0 Å².